The van der Waals surface area contributed by atoms with Crippen molar-refractivity contribution in [3.05, 3.63) is 29.8 Å². The first kappa shape index (κ1) is 26.6. The number of aliphatic hydroxyl groups is 1. The molecule has 0 radical (unpaired) electrons. The minimum Gasteiger partial charge on any atom is -0.496 e. The molecule has 5 heteroatoms. The summed E-state index contributed by atoms with van der Waals surface area (Å²) >= 11 is 0. The number of ether oxygens (including phenoxy) is 1. The van der Waals surface area contributed by atoms with Gasteiger partial charge in [-0.25, -0.2) is 0 Å². The highest BCUT2D eigenvalue weighted by Gasteiger charge is 2.30. The SMILES string of the molecule is CC=O.CCC(CCN(C)CC)C(CCO)N1CCC(c2ccccc2OC)CC1. The highest BCUT2D eigenvalue weighted by Crippen LogP contribution is 2.36. The van der Waals surface area contributed by atoms with Gasteiger partial charge in [-0.2, -0.15) is 0 Å². The highest BCUT2D eigenvalue weighted by atomic mass is 16.5. The van der Waals surface area contributed by atoms with Gasteiger partial charge in [0.1, 0.15) is 12.0 Å². The maximum absolute atomic E-state index is 9.68. The van der Waals surface area contributed by atoms with Gasteiger partial charge in [-0.1, -0.05) is 38.5 Å². The number of benzene rings is 1. The quantitative estimate of drug-likeness (QED) is 0.544. The van der Waals surface area contributed by atoms with Gasteiger partial charge >= 0.3 is 0 Å². The van der Waals surface area contributed by atoms with E-state index in [1.807, 2.05) is 6.07 Å². The molecule has 1 fully saturated rings. The summed E-state index contributed by atoms with van der Waals surface area (Å²) in [6, 6.07) is 8.97. The Morgan fingerprint density at radius 2 is 1.87 bits per heavy atom. The van der Waals surface area contributed by atoms with Gasteiger partial charge in [-0.3, -0.25) is 4.90 Å². The van der Waals surface area contributed by atoms with E-state index in [0.29, 0.717) is 17.9 Å². The molecule has 1 aromatic carbocycles. The first-order valence-corrected chi connectivity index (χ1v) is 11.6. The first-order valence-electron chi connectivity index (χ1n) is 11.6. The molecule has 0 bridgehead atoms. The van der Waals surface area contributed by atoms with Crippen LogP contribution in [0.3, 0.4) is 0 Å². The second kappa shape index (κ2) is 15.4. The van der Waals surface area contributed by atoms with Crippen LogP contribution in [0.1, 0.15) is 64.4 Å². The number of aldehydes is 1. The largest absolute Gasteiger partial charge is 0.496 e. The van der Waals surface area contributed by atoms with Crippen LogP contribution in [0.15, 0.2) is 24.3 Å². The smallest absolute Gasteiger partial charge is 0.122 e. The zero-order chi connectivity index (χ0) is 22.4. The fourth-order valence-electron chi connectivity index (χ4n) is 4.61. The number of hydrogen-bond donors (Lipinski definition) is 1. The molecule has 1 N–H and O–H groups in total. The van der Waals surface area contributed by atoms with Gasteiger partial charge < -0.3 is 19.5 Å². The van der Waals surface area contributed by atoms with E-state index in [2.05, 4.69) is 48.9 Å². The van der Waals surface area contributed by atoms with Gasteiger partial charge in [0.25, 0.3) is 0 Å². The summed E-state index contributed by atoms with van der Waals surface area (Å²) in [5, 5.41) is 9.68. The summed E-state index contributed by atoms with van der Waals surface area (Å²) in [5.41, 5.74) is 1.36. The van der Waals surface area contributed by atoms with Crippen molar-refractivity contribution >= 4 is 6.29 Å². The Morgan fingerprint density at radius 3 is 2.40 bits per heavy atom. The molecule has 2 atom stereocenters. The van der Waals surface area contributed by atoms with Crippen molar-refractivity contribution in [3.63, 3.8) is 0 Å². The van der Waals surface area contributed by atoms with Gasteiger partial charge in [-0.15, -0.1) is 0 Å². The van der Waals surface area contributed by atoms with Crippen molar-refractivity contribution < 1.29 is 14.6 Å². The lowest BCUT2D eigenvalue weighted by atomic mass is 9.84. The Morgan fingerprint density at radius 1 is 1.23 bits per heavy atom. The number of para-hydroxylation sites is 1. The maximum Gasteiger partial charge on any atom is 0.122 e. The molecule has 5 nitrogen and oxygen atoms in total. The molecule has 1 aromatic rings. The Bertz CT molecular complexity index is 573. The molecule has 1 heterocycles. The van der Waals surface area contributed by atoms with Crippen LogP contribution in [-0.4, -0.2) is 74.2 Å². The minimum atomic E-state index is 0.289. The number of likely N-dealkylation sites (tertiary alicyclic amines) is 1. The van der Waals surface area contributed by atoms with Crippen molar-refractivity contribution in [1.82, 2.24) is 9.80 Å². The Kier molecular flexibility index (Phi) is 13.6. The van der Waals surface area contributed by atoms with Crippen LogP contribution in [0, 0.1) is 5.92 Å². The molecule has 2 rings (SSSR count). The number of hydrogen-bond acceptors (Lipinski definition) is 5. The standard InChI is InChI=1S/C23H40N2O2.C2H4O/c1-5-19(11-15-24(3)6-2)22(14-18-26)25-16-12-20(13-17-25)21-9-7-8-10-23(21)27-4;1-2-3/h7-10,19-20,22,26H,5-6,11-18H2,1-4H3;2H,1H3. The van der Waals surface area contributed by atoms with Crippen LogP contribution < -0.4 is 4.74 Å². The first-order chi connectivity index (χ1) is 14.6. The molecule has 30 heavy (non-hydrogen) atoms. The summed E-state index contributed by atoms with van der Waals surface area (Å²) in [5.74, 6) is 2.27. The summed E-state index contributed by atoms with van der Waals surface area (Å²) in [7, 11) is 3.97. The molecule has 0 amide bonds. The van der Waals surface area contributed by atoms with Crippen LogP contribution in [-0.2, 0) is 4.79 Å². The Balaban J connectivity index is 0.00000141. The second-order valence-corrected chi connectivity index (χ2v) is 8.22. The molecule has 0 aliphatic carbocycles. The summed E-state index contributed by atoms with van der Waals surface area (Å²) in [6.45, 7) is 10.7. The number of nitrogens with zero attached hydrogens (tertiary/aromatic N) is 2. The number of piperidine rings is 1. The van der Waals surface area contributed by atoms with E-state index in [-0.39, 0.29) is 6.61 Å². The summed E-state index contributed by atoms with van der Waals surface area (Å²) in [4.78, 5) is 13.9. The van der Waals surface area contributed by atoms with Gasteiger partial charge in [-0.05, 0) is 89.3 Å². The number of rotatable bonds is 11. The van der Waals surface area contributed by atoms with Crippen LogP contribution in [0.5, 0.6) is 5.75 Å². The van der Waals surface area contributed by atoms with Crippen molar-refractivity contribution in [2.75, 3.05) is 46.9 Å². The van der Waals surface area contributed by atoms with E-state index in [1.165, 1.54) is 38.2 Å². The average molecular weight is 421 g/mol. The normalized spacial score (nSPS) is 17.2. The number of carbonyl (C=O) groups excluding carboxylic acids is 1. The minimum absolute atomic E-state index is 0.289. The van der Waals surface area contributed by atoms with Crippen molar-refractivity contribution in [3.8, 4) is 5.75 Å². The molecule has 1 aliphatic rings. The number of methoxy groups -OCH3 is 1. The Labute approximate surface area is 184 Å². The molecule has 2 unspecified atom stereocenters. The monoisotopic (exact) mass is 420 g/mol. The molecule has 0 spiro atoms. The second-order valence-electron chi connectivity index (χ2n) is 8.22. The summed E-state index contributed by atoms with van der Waals surface area (Å²) in [6.07, 6.45) is 6.40. The van der Waals surface area contributed by atoms with Crippen LogP contribution in [0.25, 0.3) is 0 Å². The van der Waals surface area contributed by atoms with Gasteiger partial charge in [0.2, 0.25) is 0 Å². The van der Waals surface area contributed by atoms with Gasteiger partial charge in [0.05, 0.1) is 7.11 Å². The van der Waals surface area contributed by atoms with Gasteiger partial charge in [0, 0.05) is 12.6 Å². The maximum atomic E-state index is 9.68. The zero-order valence-corrected chi connectivity index (χ0v) is 19.8. The molecule has 1 aliphatic heterocycles. The lowest BCUT2D eigenvalue weighted by Crippen LogP contribution is -2.46. The fourth-order valence-corrected chi connectivity index (χ4v) is 4.61. The van der Waals surface area contributed by atoms with Crippen molar-refractivity contribution in [1.29, 1.82) is 0 Å². The number of aliphatic hydroxyl groups excluding tert-OH is 1. The molecule has 172 valence electrons. The molecular weight excluding hydrogens is 376 g/mol. The fraction of sp³-hybridized carbons (Fsp3) is 0.720. The third-order valence-corrected chi connectivity index (χ3v) is 6.49. The molecule has 0 saturated carbocycles. The number of carbonyl (C=O) groups is 1. The van der Waals surface area contributed by atoms with Crippen LogP contribution in [0.4, 0.5) is 0 Å². The lowest BCUT2D eigenvalue weighted by Gasteiger charge is -2.41. The molecule has 0 aromatic heterocycles. The average Bonchev–Trinajstić information content (AvgIpc) is 2.79. The third kappa shape index (κ3) is 8.37. The Hall–Kier alpha value is -1.43. The van der Waals surface area contributed by atoms with E-state index in [0.717, 1.165) is 44.6 Å². The van der Waals surface area contributed by atoms with Crippen LogP contribution in [0.2, 0.25) is 0 Å². The van der Waals surface area contributed by atoms with E-state index < -0.39 is 0 Å². The topological polar surface area (TPSA) is 53.0 Å². The molecular formula is C25H44N2O3. The molecule has 1 saturated heterocycles. The van der Waals surface area contributed by atoms with E-state index >= 15 is 0 Å². The van der Waals surface area contributed by atoms with Crippen molar-refractivity contribution in [2.45, 2.75) is 64.8 Å². The lowest BCUT2D eigenvalue weighted by molar-refractivity contribution is -0.106. The summed E-state index contributed by atoms with van der Waals surface area (Å²) < 4.78 is 5.58. The van der Waals surface area contributed by atoms with Crippen molar-refractivity contribution in [2.24, 2.45) is 5.92 Å². The predicted octanol–water partition coefficient (Wildman–Crippen LogP) is 4.20. The highest BCUT2D eigenvalue weighted by molar-refractivity contribution is 5.44. The van der Waals surface area contributed by atoms with Gasteiger partial charge in [0.15, 0.2) is 0 Å². The van der Waals surface area contributed by atoms with E-state index in [9.17, 15) is 5.11 Å². The zero-order valence-electron chi connectivity index (χ0n) is 19.8. The van der Waals surface area contributed by atoms with E-state index in [1.54, 1.807) is 7.11 Å². The van der Waals surface area contributed by atoms with Crippen LogP contribution >= 0.6 is 0 Å². The third-order valence-electron chi connectivity index (χ3n) is 6.49. The predicted molar refractivity (Wildman–Crippen MR) is 125 cm³/mol. The van der Waals surface area contributed by atoms with E-state index in [4.69, 9.17) is 9.53 Å².